The molecule has 0 saturated carbocycles. The lowest BCUT2D eigenvalue weighted by atomic mass is 10.2. The zero-order valence-corrected chi connectivity index (χ0v) is 16.1. The van der Waals surface area contributed by atoms with E-state index in [0.29, 0.717) is 17.9 Å². The monoisotopic (exact) mass is 371 g/mol. The summed E-state index contributed by atoms with van der Waals surface area (Å²) in [6.45, 7) is 5.93. The van der Waals surface area contributed by atoms with Crippen LogP contribution < -0.4 is 5.32 Å². The smallest absolute Gasteiger partial charge is 0.412 e. The van der Waals surface area contributed by atoms with Crippen LogP contribution in [0.15, 0.2) is 48.7 Å². The summed E-state index contributed by atoms with van der Waals surface area (Å²) in [5.41, 5.74) is 1.54. The minimum Gasteiger partial charge on any atom is -0.444 e. The number of amides is 2. The molecule has 2 aromatic rings. The van der Waals surface area contributed by atoms with Crippen LogP contribution >= 0.6 is 0 Å². The Bertz CT molecular complexity index is 755. The van der Waals surface area contributed by atoms with E-state index in [9.17, 15) is 9.59 Å². The molecule has 2 rings (SSSR count). The van der Waals surface area contributed by atoms with Gasteiger partial charge in [-0.25, -0.2) is 9.59 Å². The average molecular weight is 371 g/mol. The second-order valence-electron chi connectivity index (χ2n) is 7.06. The molecule has 0 spiro atoms. The number of nitrogens with zero attached hydrogens (tertiary/aromatic N) is 2. The van der Waals surface area contributed by atoms with E-state index >= 15 is 0 Å². The first-order chi connectivity index (χ1) is 12.7. The Labute approximate surface area is 159 Å². The first kappa shape index (κ1) is 20.2. The van der Waals surface area contributed by atoms with E-state index in [0.717, 1.165) is 5.56 Å². The van der Waals surface area contributed by atoms with Crippen molar-refractivity contribution >= 4 is 17.9 Å². The number of hydrogen-bond acceptors (Lipinski definition) is 5. The summed E-state index contributed by atoms with van der Waals surface area (Å²) in [7, 11) is 1.64. The van der Waals surface area contributed by atoms with Crippen LogP contribution in [0.4, 0.5) is 15.3 Å². The van der Waals surface area contributed by atoms with Crippen LogP contribution in [-0.2, 0) is 22.6 Å². The zero-order chi connectivity index (χ0) is 19.9. The SMILES string of the molecule is CN(Cc1ccc(NC(=O)OCc2ccccc2)cn1)C(=O)OC(C)(C)C. The normalized spacial score (nSPS) is 10.8. The number of hydrogen-bond donors (Lipinski definition) is 1. The summed E-state index contributed by atoms with van der Waals surface area (Å²) in [6, 6.07) is 12.9. The molecule has 1 aromatic heterocycles. The minimum absolute atomic E-state index is 0.193. The summed E-state index contributed by atoms with van der Waals surface area (Å²) >= 11 is 0. The van der Waals surface area contributed by atoms with Crippen molar-refractivity contribution in [3.05, 3.63) is 59.9 Å². The largest absolute Gasteiger partial charge is 0.444 e. The maximum Gasteiger partial charge on any atom is 0.412 e. The van der Waals surface area contributed by atoms with Gasteiger partial charge in [0.25, 0.3) is 0 Å². The molecule has 1 heterocycles. The third kappa shape index (κ3) is 7.35. The predicted octanol–water partition coefficient (Wildman–Crippen LogP) is 4.20. The summed E-state index contributed by atoms with van der Waals surface area (Å²) in [6.07, 6.45) is 0.539. The predicted molar refractivity (Wildman–Crippen MR) is 102 cm³/mol. The molecule has 0 aliphatic rings. The molecule has 1 aromatic carbocycles. The molecular formula is C20H25N3O4. The van der Waals surface area contributed by atoms with Crippen LogP contribution in [0, 0.1) is 0 Å². The lowest BCUT2D eigenvalue weighted by Crippen LogP contribution is -2.34. The van der Waals surface area contributed by atoms with E-state index in [1.165, 1.54) is 11.1 Å². The van der Waals surface area contributed by atoms with Gasteiger partial charge in [-0.3, -0.25) is 10.3 Å². The van der Waals surface area contributed by atoms with Crippen LogP contribution in [0.25, 0.3) is 0 Å². The van der Waals surface area contributed by atoms with Gasteiger partial charge in [-0.15, -0.1) is 0 Å². The quantitative estimate of drug-likeness (QED) is 0.852. The Hall–Kier alpha value is -3.09. The van der Waals surface area contributed by atoms with Crippen molar-refractivity contribution in [3.8, 4) is 0 Å². The van der Waals surface area contributed by atoms with Crippen molar-refractivity contribution in [2.45, 2.75) is 39.5 Å². The molecule has 144 valence electrons. The highest BCUT2D eigenvalue weighted by Crippen LogP contribution is 2.12. The van der Waals surface area contributed by atoms with Crippen LogP contribution in [0.1, 0.15) is 32.0 Å². The van der Waals surface area contributed by atoms with E-state index in [-0.39, 0.29) is 6.61 Å². The summed E-state index contributed by atoms with van der Waals surface area (Å²) in [5, 5.41) is 2.62. The Kier molecular flexibility index (Phi) is 6.76. The second kappa shape index (κ2) is 9.02. The Morgan fingerprint density at radius 3 is 2.41 bits per heavy atom. The molecule has 7 nitrogen and oxygen atoms in total. The first-order valence-electron chi connectivity index (χ1n) is 8.60. The number of pyridine rings is 1. The van der Waals surface area contributed by atoms with Gasteiger partial charge in [0.1, 0.15) is 12.2 Å². The topological polar surface area (TPSA) is 80.8 Å². The standard InChI is InChI=1S/C20H25N3O4/c1-20(2,3)27-19(25)23(4)13-17-11-10-16(12-21-17)22-18(24)26-14-15-8-6-5-7-9-15/h5-12H,13-14H2,1-4H3,(H,22,24). The highest BCUT2D eigenvalue weighted by molar-refractivity contribution is 5.84. The fourth-order valence-electron chi connectivity index (χ4n) is 2.12. The number of carbonyl (C=O) groups excluding carboxylic acids is 2. The maximum atomic E-state index is 12.0. The Balaban J connectivity index is 1.82. The number of benzene rings is 1. The molecule has 0 aliphatic carbocycles. The minimum atomic E-state index is -0.556. The highest BCUT2D eigenvalue weighted by atomic mass is 16.6. The number of aromatic nitrogens is 1. The molecule has 0 aliphatic heterocycles. The molecule has 0 radical (unpaired) electrons. The van der Waals surface area contributed by atoms with Gasteiger partial charge in [-0.1, -0.05) is 30.3 Å². The van der Waals surface area contributed by atoms with E-state index in [4.69, 9.17) is 9.47 Å². The second-order valence-corrected chi connectivity index (χ2v) is 7.06. The van der Waals surface area contributed by atoms with Crippen molar-refractivity contribution in [2.24, 2.45) is 0 Å². The molecule has 0 fully saturated rings. The van der Waals surface area contributed by atoms with Gasteiger partial charge >= 0.3 is 12.2 Å². The number of carbonyl (C=O) groups is 2. The number of nitrogens with one attached hydrogen (secondary N) is 1. The average Bonchev–Trinajstić information content (AvgIpc) is 2.61. The van der Waals surface area contributed by atoms with Crippen molar-refractivity contribution in [1.82, 2.24) is 9.88 Å². The highest BCUT2D eigenvalue weighted by Gasteiger charge is 2.19. The molecule has 0 atom stereocenters. The molecule has 2 amide bonds. The molecular weight excluding hydrogens is 346 g/mol. The summed E-state index contributed by atoms with van der Waals surface area (Å²) in [5.74, 6) is 0. The van der Waals surface area contributed by atoms with Crippen molar-refractivity contribution < 1.29 is 19.1 Å². The summed E-state index contributed by atoms with van der Waals surface area (Å²) < 4.78 is 10.5. The molecule has 0 bridgehead atoms. The zero-order valence-electron chi connectivity index (χ0n) is 16.1. The third-order valence-corrected chi connectivity index (χ3v) is 3.39. The van der Waals surface area contributed by atoms with E-state index in [2.05, 4.69) is 10.3 Å². The molecule has 7 heteroatoms. The lowest BCUT2D eigenvalue weighted by molar-refractivity contribution is 0.0283. The van der Waals surface area contributed by atoms with Crippen LogP contribution in [0.2, 0.25) is 0 Å². The molecule has 1 N–H and O–H groups in total. The number of rotatable bonds is 5. The third-order valence-electron chi connectivity index (χ3n) is 3.39. The first-order valence-corrected chi connectivity index (χ1v) is 8.60. The molecule has 0 saturated heterocycles. The fourth-order valence-corrected chi connectivity index (χ4v) is 2.12. The van der Waals surface area contributed by atoms with E-state index in [1.54, 1.807) is 19.2 Å². The molecule has 27 heavy (non-hydrogen) atoms. The maximum absolute atomic E-state index is 12.0. The van der Waals surface area contributed by atoms with Gasteiger partial charge in [-0.2, -0.15) is 0 Å². The van der Waals surface area contributed by atoms with Gasteiger partial charge in [0, 0.05) is 7.05 Å². The van der Waals surface area contributed by atoms with Crippen LogP contribution in [0.5, 0.6) is 0 Å². The van der Waals surface area contributed by atoms with Gasteiger partial charge in [0.15, 0.2) is 0 Å². The van der Waals surface area contributed by atoms with Gasteiger partial charge in [0.05, 0.1) is 24.1 Å². The van der Waals surface area contributed by atoms with E-state index < -0.39 is 17.8 Å². The van der Waals surface area contributed by atoms with Crippen LogP contribution in [0.3, 0.4) is 0 Å². The lowest BCUT2D eigenvalue weighted by Gasteiger charge is -2.24. The van der Waals surface area contributed by atoms with Crippen molar-refractivity contribution in [1.29, 1.82) is 0 Å². The van der Waals surface area contributed by atoms with Gasteiger partial charge in [-0.05, 0) is 38.5 Å². The van der Waals surface area contributed by atoms with Gasteiger partial charge < -0.3 is 14.4 Å². The molecule has 0 unspecified atom stereocenters. The fraction of sp³-hybridized carbons (Fsp3) is 0.350. The van der Waals surface area contributed by atoms with Gasteiger partial charge in [0.2, 0.25) is 0 Å². The number of anilines is 1. The van der Waals surface area contributed by atoms with E-state index in [1.807, 2.05) is 51.1 Å². The Morgan fingerprint density at radius 2 is 1.81 bits per heavy atom. The van der Waals surface area contributed by atoms with Crippen molar-refractivity contribution in [3.63, 3.8) is 0 Å². The summed E-state index contributed by atoms with van der Waals surface area (Å²) in [4.78, 5) is 29.5. The number of ether oxygens (including phenoxy) is 2. The Morgan fingerprint density at radius 1 is 1.11 bits per heavy atom. The van der Waals surface area contributed by atoms with Crippen molar-refractivity contribution in [2.75, 3.05) is 12.4 Å². The van der Waals surface area contributed by atoms with Crippen LogP contribution in [-0.4, -0.2) is 34.7 Å².